The van der Waals surface area contributed by atoms with Crippen molar-refractivity contribution in [2.24, 2.45) is 0 Å². The van der Waals surface area contributed by atoms with Crippen LogP contribution in [0.5, 0.6) is 11.5 Å². The molecule has 2 rings (SSSR count). The quantitative estimate of drug-likeness (QED) is 0.687. The van der Waals surface area contributed by atoms with Gasteiger partial charge >= 0.3 is 0 Å². The number of hydrogen-bond acceptors (Lipinski definition) is 3. The van der Waals surface area contributed by atoms with Gasteiger partial charge in [-0.05, 0) is 48.4 Å². The molecule has 2 aromatic carbocycles. The molecule has 0 unspecified atom stereocenters. The molecular weight excluding hydrogens is 338 g/mol. The standard InChI is InChI=1S/C20H22ClNO3/c1-4-22(14-16-8-10-18(24-2)19(13-16)25-3)20(23)11-9-15-6-5-7-17(21)12-15/h5-13H,4,14H2,1-3H3/b11-9+. The van der Waals surface area contributed by atoms with E-state index in [0.717, 1.165) is 11.1 Å². The molecule has 0 atom stereocenters. The van der Waals surface area contributed by atoms with Gasteiger partial charge in [-0.1, -0.05) is 29.8 Å². The predicted octanol–water partition coefficient (Wildman–Crippen LogP) is 4.42. The molecule has 0 spiro atoms. The second-order valence-corrected chi connectivity index (χ2v) is 5.87. The summed E-state index contributed by atoms with van der Waals surface area (Å²) in [6.07, 6.45) is 3.33. The summed E-state index contributed by atoms with van der Waals surface area (Å²) in [5.74, 6) is 1.26. The summed E-state index contributed by atoms with van der Waals surface area (Å²) >= 11 is 5.96. The van der Waals surface area contributed by atoms with Gasteiger partial charge in [0.2, 0.25) is 5.91 Å². The molecule has 132 valence electrons. The van der Waals surface area contributed by atoms with Crippen molar-refractivity contribution in [3.05, 3.63) is 64.7 Å². The summed E-state index contributed by atoms with van der Waals surface area (Å²) in [4.78, 5) is 14.2. The lowest BCUT2D eigenvalue weighted by molar-refractivity contribution is -0.126. The highest BCUT2D eigenvalue weighted by molar-refractivity contribution is 6.30. The van der Waals surface area contributed by atoms with Crippen LogP contribution in [0, 0.1) is 0 Å². The molecule has 25 heavy (non-hydrogen) atoms. The summed E-state index contributed by atoms with van der Waals surface area (Å²) in [5, 5.41) is 0.646. The molecule has 0 aliphatic heterocycles. The monoisotopic (exact) mass is 359 g/mol. The van der Waals surface area contributed by atoms with Crippen molar-refractivity contribution in [3.63, 3.8) is 0 Å². The van der Waals surface area contributed by atoms with Crippen LogP contribution >= 0.6 is 11.6 Å². The largest absolute Gasteiger partial charge is 0.493 e. The van der Waals surface area contributed by atoms with E-state index in [1.165, 1.54) is 0 Å². The summed E-state index contributed by atoms with van der Waals surface area (Å²) in [6.45, 7) is 3.05. The second-order valence-electron chi connectivity index (χ2n) is 5.43. The van der Waals surface area contributed by atoms with E-state index in [2.05, 4.69) is 0 Å². The molecule has 0 bridgehead atoms. The van der Waals surface area contributed by atoms with Gasteiger partial charge in [0.05, 0.1) is 14.2 Å². The Morgan fingerprint density at radius 2 is 1.88 bits per heavy atom. The topological polar surface area (TPSA) is 38.8 Å². The number of amides is 1. The van der Waals surface area contributed by atoms with Gasteiger partial charge in [-0.2, -0.15) is 0 Å². The molecule has 1 amide bonds. The van der Waals surface area contributed by atoms with Crippen LogP contribution in [0.15, 0.2) is 48.5 Å². The van der Waals surface area contributed by atoms with Crippen LogP contribution in [-0.2, 0) is 11.3 Å². The lowest BCUT2D eigenvalue weighted by atomic mass is 10.1. The van der Waals surface area contributed by atoms with Crippen LogP contribution in [0.1, 0.15) is 18.1 Å². The van der Waals surface area contributed by atoms with Gasteiger partial charge in [0.25, 0.3) is 0 Å². The van der Waals surface area contributed by atoms with Crippen molar-refractivity contribution in [2.45, 2.75) is 13.5 Å². The Labute approximate surface area is 153 Å². The predicted molar refractivity (Wildman–Crippen MR) is 101 cm³/mol. The van der Waals surface area contributed by atoms with Crippen molar-refractivity contribution in [3.8, 4) is 11.5 Å². The number of rotatable bonds is 7. The van der Waals surface area contributed by atoms with E-state index in [4.69, 9.17) is 21.1 Å². The second kappa shape index (κ2) is 9.14. The van der Waals surface area contributed by atoms with E-state index in [9.17, 15) is 4.79 Å². The van der Waals surface area contributed by atoms with Gasteiger partial charge < -0.3 is 14.4 Å². The number of nitrogens with zero attached hydrogens (tertiary/aromatic N) is 1. The normalized spacial score (nSPS) is 10.7. The van der Waals surface area contributed by atoms with Crippen LogP contribution in [0.2, 0.25) is 5.02 Å². The minimum Gasteiger partial charge on any atom is -0.493 e. The Kier molecular flexibility index (Phi) is 6.90. The molecule has 0 radical (unpaired) electrons. The molecule has 0 heterocycles. The third-order valence-corrected chi connectivity index (χ3v) is 4.02. The minimum atomic E-state index is -0.0581. The first kappa shape index (κ1) is 18.9. The number of carbonyl (C=O) groups is 1. The van der Waals surface area contributed by atoms with Crippen LogP contribution in [0.25, 0.3) is 6.08 Å². The number of hydrogen-bond donors (Lipinski definition) is 0. The summed E-state index contributed by atoms with van der Waals surface area (Å²) in [7, 11) is 3.19. The summed E-state index contributed by atoms with van der Waals surface area (Å²) < 4.78 is 10.6. The highest BCUT2D eigenvalue weighted by Gasteiger charge is 2.11. The maximum absolute atomic E-state index is 12.5. The fourth-order valence-corrected chi connectivity index (χ4v) is 2.63. The summed E-state index contributed by atoms with van der Waals surface area (Å²) in [6, 6.07) is 13.0. The molecule has 0 saturated carbocycles. The fraction of sp³-hybridized carbons (Fsp3) is 0.250. The van der Waals surface area contributed by atoms with Gasteiger partial charge in [0.15, 0.2) is 11.5 Å². The number of methoxy groups -OCH3 is 2. The smallest absolute Gasteiger partial charge is 0.246 e. The number of halogens is 1. The Balaban J connectivity index is 2.10. The first-order chi connectivity index (χ1) is 12.1. The van der Waals surface area contributed by atoms with Crippen LogP contribution < -0.4 is 9.47 Å². The third-order valence-electron chi connectivity index (χ3n) is 3.78. The Morgan fingerprint density at radius 1 is 1.12 bits per heavy atom. The van der Waals surface area contributed by atoms with E-state index in [1.54, 1.807) is 37.3 Å². The van der Waals surface area contributed by atoms with Gasteiger partial charge in [-0.15, -0.1) is 0 Å². The SMILES string of the molecule is CCN(Cc1ccc(OC)c(OC)c1)C(=O)/C=C/c1cccc(Cl)c1. The van der Waals surface area contributed by atoms with Crippen molar-refractivity contribution < 1.29 is 14.3 Å². The molecule has 0 aromatic heterocycles. The molecule has 0 aliphatic rings. The van der Waals surface area contributed by atoms with E-state index in [-0.39, 0.29) is 5.91 Å². The molecule has 0 aliphatic carbocycles. The molecule has 2 aromatic rings. The molecule has 0 saturated heterocycles. The van der Waals surface area contributed by atoms with Gasteiger partial charge in [0, 0.05) is 24.2 Å². The average molecular weight is 360 g/mol. The van der Waals surface area contributed by atoms with Crippen molar-refractivity contribution in [1.82, 2.24) is 4.90 Å². The van der Waals surface area contributed by atoms with Crippen molar-refractivity contribution >= 4 is 23.6 Å². The van der Waals surface area contributed by atoms with Crippen molar-refractivity contribution in [2.75, 3.05) is 20.8 Å². The van der Waals surface area contributed by atoms with Gasteiger partial charge in [-0.3, -0.25) is 4.79 Å². The molecule has 4 nitrogen and oxygen atoms in total. The van der Waals surface area contributed by atoms with Gasteiger partial charge in [0.1, 0.15) is 0 Å². The minimum absolute atomic E-state index is 0.0581. The van der Waals surface area contributed by atoms with E-state index in [1.807, 2.05) is 43.3 Å². The van der Waals surface area contributed by atoms with E-state index in [0.29, 0.717) is 29.6 Å². The number of carbonyl (C=O) groups excluding carboxylic acids is 1. The van der Waals surface area contributed by atoms with Gasteiger partial charge in [-0.25, -0.2) is 0 Å². The van der Waals surface area contributed by atoms with Crippen LogP contribution in [0.4, 0.5) is 0 Å². The lowest BCUT2D eigenvalue weighted by Crippen LogP contribution is -2.28. The first-order valence-electron chi connectivity index (χ1n) is 8.00. The highest BCUT2D eigenvalue weighted by atomic mass is 35.5. The molecule has 0 N–H and O–H groups in total. The lowest BCUT2D eigenvalue weighted by Gasteiger charge is -2.20. The number of benzene rings is 2. The fourth-order valence-electron chi connectivity index (χ4n) is 2.43. The van der Waals surface area contributed by atoms with E-state index >= 15 is 0 Å². The van der Waals surface area contributed by atoms with E-state index < -0.39 is 0 Å². The Morgan fingerprint density at radius 3 is 2.52 bits per heavy atom. The zero-order valence-corrected chi connectivity index (χ0v) is 15.4. The zero-order valence-electron chi connectivity index (χ0n) is 14.7. The van der Waals surface area contributed by atoms with Crippen molar-refractivity contribution in [1.29, 1.82) is 0 Å². The highest BCUT2D eigenvalue weighted by Crippen LogP contribution is 2.28. The third kappa shape index (κ3) is 5.26. The summed E-state index contributed by atoms with van der Waals surface area (Å²) in [5.41, 5.74) is 1.87. The van der Waals surface area contributed by atoms with Crippen LogP contribution in [0.3, 0.4) is 0 Å². The molecule has 5 heteroatoms. The maximum atomic E-state index is 12.5. The maximum Gasteiger partial charge on any atom is 0.246 e. The Bertz CT molecular complexity index is 758. The molecular formula is C20H22ClNO3. The average Bonchev–Trinajstić information content (AvgIpc) is 2.64. The number of likely N-dealkylation sites (N-methyl/N-ethyl adjacent to an activating group) is 1. The Hall–Kier alpha value is -2.46. The zero-order chi connectivity index (χ0) is 18.2. The van der Waals surface area contributed by atoms with Crippen LogP contribution in [-0.4, -0.2) is 31.6 Å². The first-order valence-corrected chi connectivity index (χ1v) is 8.38. The number of ether oxygens (including phenoxy) is 2. The molecule has 0 fully saturated rings.